The molecule has 1 N–H and O–H groups in total. The molecule has 0 aliphatic carbocycles. The molecule has 0 aromatic heterocycles. The summed E-state index contributed by atoms with van der Waals surface area (Å²) in [4.78, 5) is 10.4. The van der Waals surface area contributed by atoms with E-state index < -0.39 is 5.97 Å². The van der Waals surface area contributed by atoms with E-state index in [1.165, 1.54) is 0 Å². The highest BCUT2D eigenvalue weighted by Gasteiger charge is 2.04. The predicted octanol–water partition coefficient (Wildman–Crippen LogP) is 1.99. The van der Waals surface area contributed by atoms with Crippen LogP contribution in [0.4, 0.5) is 0 Å². The third kappa shape index (κ3) is 1.47. The molecule has 0 aliphatic rings. The van der Waals surface area contributed by atoms with Crippen molar-refractivity contribution in [2.45, 2.75) is 0 Å². The Hall–Kier alpha value is -0.580. The van der Waals surface area contributed by atoms with E-state index in [1.54, 1.807) is 18.2 Å². The molecule has 0 saturated heterocycles. The second-order valence-electron chi connectivity index (χ2n) is 1.78. The molecular weight excluding hydrogens is 241 g/mol. The molecule has 52 valence electrons. The van der Waals surface area contributed by atoms with Crippen molar-refractivity contribution in [3.05, 3.63) is 33.4 Å². The smallest absolute Gasteiger partial charge is 0.336 e. The Bertz CT molecular complexity index is 258. The monoisotopic (exact) mass is 246 g/mol. The average Bonchev–Trinajstić information content (AvgIpc) is 1.88. The summed E-state index contributed by atoms with van der Waals surface area (Å²) in [6.45, 7) is 0. The van der Waals surface area contributed by atoms with Crippen molar-refractivity contribution in [1.82, 2.24) is 0 Å². The fourth-order valence-corrected chi connectivity index (χ4v) is 1.25. The molecule has 0 fully saturated rings. The molecule has 0 spiro atoms. The van der Waals surface area contributed by atoms with Gasteiger partial charge in [-0.05, 0) is 34.7 Å². The van der Waals surface area contributed by atoms with E-state index >= 15 is 0 Å². The summed E-state index contributed by atoms with van der Waals surface area (Å²) >= 11 is 1.99. The molecule has 10 heavy (non-hydrogen) atoms. The van der Waals surface area contributed by atoms with Crippen LogP contribution in [0.1, 0.15) is 10.4 Å². The largest absolute Gasteiger partial charge is 0.478 e. The van der Waals surface area contributed by atoms with Crippen molar-refractivity contribution < 1.29 is 9.90 Å². The number of carbonyl (C=O) groups is 1. The third-order valence-electron chi connectivity index (χ3n) is 1.10. The lowest BCUT2D eigenvalue weighted by Crippen LogP contribution is -1.97. The summed E-state index contributed by atoms with van der Waals surface area (Å²) in [5, 5.41) is 8.56. The van der Waals surface area contributed by atoms with Crippen molar-refractivity contribution in [2.24, 2.45) is 0 Å². The Balaban J connectivity index is 3.15. The summed E-state index contributed by atoms with van der Waals surface area (Å²) in [5.74, 6) is -0.870. The number of rotatable bonds is 1. The van der Waals surface area contributed by atoms with Gasteiger partial charge in [0.25, 0.3) is 0 Å². The Morgan fingerprint density at radius 2 is 2.00 bits per heavy atom. The van der Waals surface area contributed by atoms with Gasteiger partial charge in [-0.15, -0.1) is 0 Å². The molecule has 0 aliphatic heterocycles. The summed E-state index contributed by atoms with van der Waals surface area (Å²) in [7, 11) is 0. The number of carboxylic acid groups (broad SMARTS) is 1. The Morgan fingerprint density at radius 1 is 1.40 bits per heavy atom. The molecule has 0 bridgehead atoms. The van der Waals surface area contributed by atoms with Gasteiger partial charge < -0.3 is 5.11 Å². The molecule has 0 unspecified atom stereocenters. The number of benzene rings is 1. The summed E-state index contributed by atoms with van der Waals surface area (Å²) in [6, 6.07) is 6.88. The fraction of sp³-hybridized carbons (Fsp3) is 0. The van der Waals surface area contributed by atoms with Gasteiger partial charge in [0.2, 0.25) is 0 Å². The number of aromatic carboxylic acids is 1. The molecule has 1 aromatic carbocycles. The summed E-state index contributed by atoms with van der Waals surface area (Å²) in [5.41, 5.74) is 0.364. The van der Waals surface area contributed by atoms with Crippen molar-refractivity contribution in [3.63, 3.8) is 0 Å². The molecular formula is C7H5IO2. The average molecular weight is 246 g/mol. The first-order valence-corrected chi connectivity index (χ1v) is 3.77. The molecule has 1 rings (SSSR count). The van der Waals surface area contributed by atoms with Crippen LogP contribution in [-0.2, 0) is 0 Å². The summed E-state index contributed by atoms with van der Waals surface area (Å²) in [6.07, 6.45) is 0. The minimum absolute atomic E-state index is 0.364. The minimum atomic E-state index is -0.870. The van der Waals surface area contributed by atoms with Crippen molar-refractivity contribution in [1.29, 1.82) is 0 Å². The first kappa shape index (κ1) is 7.53. The number of hydrogen-bond acceptors (Lipinski definition) is 1. The van der Waals surface area contributed by atoms with E-state index in [4.69, 9.17) is 5.11 Å². The van der Waals surface area contributed by atoms with Gasteiger partial charge >= 0.3 is 5.97 Å². The molecule has 2 nitrogen and oxygen atoms in total. The van der Waals surface area contributed by atoms with E-state index in [9.17, 15) is 4.79 Å². The number of hydrogen-bond donors (Lipinski definition) is 1. The van der Waals surface area contributed by atoms with Crippen LogP contribution >= 0.6 is 22.6 Å². The Labute approximate surface area is 72.0 Å². The van der Waals surface area contributed by atoms with Crippen LogP contribution in [0.15, 0.2) is 24.3 Å². The zero-order valence-electron chi connectivity index (χ0n) is 5.04. The lowest BCUT2D eigenvalue weighted by molar-refractivity contribution is 0.0696. The lowest BCUT2D eigenvalue weighted by atomic mass is 10.2. The summed E-state index contributed by atoms with van der Waals surface area (Å²) < 4.78 is 0.771. The van der Waals surface area contributed by atoms with Gasteiger partial charge in [-0.3, -0.25) is 0 Å². The van der Waals surface area contributed by atoms with Gasteiger partial charge in [-0.25, -0.2) is 4.79 Å². The number of carboxylic acids is 1. The van der Waals surface area contributed by atoms with E-state index in [0.717, 1.165) is 3.57 Å². The van der Waals surface area contributed by atoms with Gasteiger partial charge in [-0.2, -0.15) is 0 Å². The van der Waals surface area contributed by atoms with Crippen LogP contribution in [0.3, 0.4) is 0 Å². The van der Waals surface area contributed by atoms with Gasteiger partial charge in [0, 0.05) is 3.57 Å². The maximum absolute atomic E-state index is 10.4. The first-order valence-electron chi connectivity index (χ1n) is 2.69. The van der Waals surface area contributed by atoms with Crippen LogP contribution < -0.4 is 0 Å². The van der Waals surface area contributed by atoms with Crippen LogP contribution in [-0.4, -0.2) is 11.1 Å². The molecule has 3 heteroatoms. The van der Waals surface area contributed by atoms with E-state index in [-0.39, 0.29) is 0 Å². The topological polar surface area (TPSA) is 37.3 Å². The van der Waals surface area contributed by atoms with Crippen LogP contribution in [0.2, 0.25) is 0 Å². The van der Waals surface area contributed by atoms with Gasteiger partial charge in [0.05, 0.1) is 5.56 Å². The van der Waals surface area contributed by atoms with Gasteiger partial charge in [-0.1, -0.05) is 12.1 Å². The minimum Gasteiger partial charge on any atom is -0.478 e. The molecule has 0 saturated carbocycles. The first-order chi connectivity index (χ1) is 4.72. The highest BCUT2D eigenvalue weighted by atomic mass is 125. The molecule has 0 radical (unpaired) electrons. The fourth-order valence-electron chi connectivity index (χ4n) is 0.635. The normalized spacial score (nSPS) is 9.30. The van der Waals surface area contributed by atoms with Crippen LogP contribution in [0.5, 0.6) is 0 Å². The molecule has 1 aromatic rings. The molecule has 0 amide bonds. The highest BCUT2D eigenvalue weighted by molar-refractivity contribution is 14.1. The Kier molecular flexibility index (Phi) is 2.26. The van der Waals surface area contributed by atoms with Crippen molar-refractivity contribution in [3.8, 4) is 0 Å². The molecule has 0 heterocycles. The van der Waals surface area contributed by atoms with Crippen LogP contribution in [0, 0.1) is 3.57 Å². The zero-order valence-corrected chi connectivity index (χ0v) is 7.20. The lowest BCUT2D eigenvalue weighted by Gasteiger charge is -1.94. The SMILES string of the molecule is O=C(O)c1ccccc1[125I]. The van der Waals surface area contributed by atoms with Crippen LogP contribution in [0.25, 0.3) is 0 Å². The maximum Gasteiger partial charge on any atom is 0.336 e. The van der Waals surface area contributed by atoms with Gasteiger partial charge in [0.15, 0.2) is 0 Å². The predicted molar refractivity (Wildman–Crippen MR) is 46.1 cm³/mol. The number of halogens is 1. The van der Waals surface area contributed by atoms with Crippen molar-refractivity contribution >= 4 is 28.6 Å². The zero-order chi connectivity index (χ0) is 7.56. The van der Waals surface area contributed by atoms with E-state index in [2.05, 4.69) is 0 Å². The van der Waals surface area contributed by atoms with Crippen molar-refractivity contribution in [2.75, 3.05) is 0 Å². The Morgan fingerprint density at radius 3 is 2.40 bits per heavy atom. The second-order valence-corrected chi connectivity index (χ2v) is 2.95. The maximum atomic E-state index is 10.4. The standard InChI is InChI=1S/C7H5IO2/c8-6-4-2-1-3-5(6)7(9)10/h1-4H,(H,9,10)/i8-2. The van der Waals surface area contributed by atoms with E-state index in [1.807, 2.05) is 28.7 Å². The van der Waals surface area contributed by atoms with E-state index in [0.29, 0.717) is 5.56 Å². The highest BCUT2D eigenvalue weighted by Crippen LogP contribution is 2.10. The third-order valence-corrected chi connectivity index (χ3v) is 2.04. The van der Waals surface area contributed by atoms with Gasteiger partial charge in [0.1, 0.15) is 0 Å². The second kappa shape index (κ2) is 3.01. The molecule has 0 atom stereocenters. The quantitative estimate of drug-likeness (QED) is 0.769.